The Morgan fingerprint density at radius 1 is 1.00 bits per heavy atom. The molecule has 0 aliphatic heterocycles. The molecule has 0 aliphatic carbocycles. The van der Waals surface area contributed by atoms with Crippen LogP contribution >= 0.6 is 0 Å². The standard InChI is InChI=1S/C18H20N6O/c1-11-7-8-14(25-3)13(9-11)23-17-16(19)18(21-10-20-17)24-15-6-4-5-12(2)22-15/h4-10H,19H2,1-3H3,(H2,20,21,22,23,24). The second-order valence-electron chi connectivity index (χ2n) is 5.60. The zero-order valence-electron chi connectivity index (χ0n) is 14.4. The van der Waals surface area contributed by atoms with Gasteiger partial charge < -0.3 is 21.1 Å². The van der Waals surface area contributed by atoms with Crippen molar-refractivity contribution in [2.45, 2.75) is 13.8 Å². The predicted molar refractivity (Wildman–Crippen MR) is 99.7 cm³/mol. The van der Waals surface area contributed by atoms with E-state index in [4.69, 9.17) is 10.5 Å². The summed E-state index contributed by atoms with van der Waals surface area (Å²) in [5.74, 6) is 2.36. The number of hydrogen-bond acceptors (Lipinski definition) is 7. The van der Waals surface area contributed by atoms with Crippen molar-refractivity contribution in [3.8, 4) is 5.75 Å². The van der Waals surface area contributed by atoms with Crippen LogP contribution in [0.15, 0.2) is 42.7 Å². The van der Waals surface area contributed by atoms with Gasteiger partial charge in [0.15, 0.2) is 11.6 Å². The molecule has 0 unspecified atom stereocenters. The first-order chi connectivity index (χ1) is 12.1. The monoisotopic (exact) mass is 336 g/mol. The van der Waals surface area contributed by atoms with Gasteiger partial charge in [-0.25, -0.2) is 15.0 Å². The third kappa shape index (κ3) is 3.77. The molecule has 128 valence electrons. The summed E-state index contributed by atoms with van der Waals surface area (Å²) in [6.07, 6.45) is 1.44. The number of nitrogens with zero attached hydrogens (tertiary/aromatic N) is 3. The number of nitrogen functional groups attached to an aromatic ring is 1. The van der Waals surface area contributed by atoms with Gasteiger partial charge in [0.05, 0.1) is 12.8 Å². The van der Waals surface area contributed by atoms with E-state index in [9.17, 15) is 0 Å². The average molecular weight is 336 g/mol. The first-order valence-electron chi connectivity index (χ1n) is 7.79. The Balaban J connectivity index is 1.90. The number of rotatable bonds is 5. The quantitative estimate of drug-likeness (QED) is 0.655. The summed E-state index contributed by atoms with van der Waals surface area (Å²) < 4.78 is 5.38. The molecular formula is C18H20N6O. The Bertz CT molecular complexity index is 896. The number of methoxy groups -OCH3 is 1. The van der Waals surface area contributed by atoms with Crippen LogP contribution in [0.1, 0.15) is 11.3 Å². The van der Waals surface area contributed by atoms with Crippen molar-refractivity contribution in [2.24, 2.45) is 0 Å². The number of benzene rings is 1. The summed E-state index contributed by atoms with van der Waals surface area (Å²) in [5.41, 5.74) is 9.41. The largest absolute Gasteiger partial charge is 0.495 e. The average Bonchev–Trinajstić information content (AvgIpc) is 2.59. The lowest BCUT2D eigenvalue weighted by atomic mass is 10.2. The van der Waals surface area contributed by atoms with Crippen LogP contribution in [-0.2, 0) is 0 Å². The summed E-state index contributed by atoms with van der Waals surface area (Å²) >= 11 is 0. The second kappa shape index (κ2) is 7.04. The van der Waals surface area contributed by atoms with Crippen molar-refractivity contribution in [3.63, 3.8) is 0 Å². The molecule has 0 radical (unpaired) electrons. The van der Waals surface area contributed by atoms with E-state index in [1.165, 1.54) is 6.33 Å². The highest BCUT2D eigenvalue weighted by Crippen LogP contribution is 2.32. The van der Waals surface area contributed by atoms with Crippen molar-refractivity contribution < 1.29 is 4.74 Å². The highest BCUT2D eigenvalue weighted by molar-refractivity contribution is 5.81. The summed E-state index contributed by atoms with van der Waals surface area (Å²) in [4.78, 5) is 12.8. The Morgan fingerprint density at radius 2 is 1.76 bits per heavy atom. The van der Waals surface area contributed by atoms with E-state index in [0.717, 1.165) is 16.9 Å². The minimum atomic E-state index is 0.398. The van der Waals surface area contributed by atoms with Crippen LogP contribution in [-0.4, -0.2) is 22.1 Å². The van der Waals surface area contributed by atoms with E-state index in [1.54, 1.807) is 7.11 Å². The number of hydrogen-bond donors (Lipinski definition) is 3. The summed E-state index contributed by atoms with van der Waals surface area (Å²) in [6, 6.07) is 11.5. The molecule has 1 aromatic carbocycles. The fourth-order valence-electron chi connectivity index (χ4n) is 2.38. The molecule has 7 nitrogen and oxygen atoms in total. The van der Waals surface area contributed by atoms with Gasteiger partial charge in [-0.1, -0.05) is 12.1 Å². The normalized spacial score (nSPS) is 10.4. The number of nitrogens with two attached hydrogens (primary N) is 1. The number of pyridine rings is 1. The van der Waals surface area contributed by atoms with Crippen LogP contribution in [0.3, 0.4) is 0 Å². The van der Waals surface area contributed by atoms with E-state index < -0.39 is 0 Å². The molecule has 0 bridgehead atoms. The van der Waals surface area contributed by atoms with Crippen molar-refractivity contribution in [2.75, 3.05) is 23.5 Å². The Morgan fingerprint density at radius 3 is 2.48 bits per heavy atom. The Kier molecular flexibility index (Phi) is 4.65. The highest BCUT2D eigenvalue weighted by atomic mass is 16.5. The number of ether oxygens (including phenoxy) is 1. The van der Waals surface area contributed by atoms with E-state index in [2.05, 4.69) is 25.6 Å². The van der Waals surface area contributed by atoms with Gasteiger partial charge in [0.1, 0.15) is 23.6 Å². The first kappa shape index (κ1) is 16.5. The van der Waals surface area contributed by atoms with Crippen molar-refractivity contribution in [1.82, 2.24) is 15.0 Å². The molecule has 0 amide bonds. The predicted octanol–water partition coefficient (Wildman–Crippen LogP) is 3.57. The van der Waals surface area contributed by atoms with Crippen LogP contribution in [0.2, 0.25) is 0 Å². The lowest BCUT2D eigenvalue weighted by Crippen LogP contribution is -2.06. The van der Waals surface area contributed by atoms with E-state index in [1.807, 2.05) is 50.2 Å². The van der Waals surface area contributed by atoms with Crippen LogP contribution in [0.4, 0.5) is 28.8 Å². The lowest BCUT2D eigenvalue weighted by molar-refractivity contribution is 0.416. The van der Waals surface area contributed by atoms with Gasteiger partial charge in [0.2, 0.25) is 0 Å². The SMILES string of the molecule is COc1ccc(C)cc1Nc1ncnc(Nc2cccc(C)n2)c1N. The molecule has 3 aromatic rings. The van der Waals surface area contributed by atoms with Gasteiger partial charge in [-0.15, -0.1) is 0 Å². The maximum atomic E-state index is 6.23. The third-order valence-corrected chi connectivity index (χ3v) is 3.63. The van der Waals surface area contributed by atoms with Gasteiger partial charge in [0.25, 0.3) is 0 Å². The molecule has 0 atom stereocenters. The highest BCUT2D eigenvalue weighted by Gasteiger charge is 2.11. The fraction of sp³-hybridized carbons (Fsp3) is 0.167. The summed E-state index contributed by atoms with van der Waals surface area (Å²) in [6.45, 7) is 3.93. The number of anilines is 5. The molecule has 2 heterocycles. The van der Waals surface area contributed by atoms with E-state index in [-0.39, 0.29) is 0 Å². The van der Waals surface area contributed by atoms with Crippen LogP contribution in [0, 0.1) is 13.8 Å². The molecule has 0 fully saturated rings. The molecule has 25 heavy (non-hydrogen) atoms. The molecule has 0 aliphatic rings. The molecular weight excluding hydrogens is 316 g/mol. The number of nitrogens with one attached hydrogen (secondary N) is 2. The number of aromatic nitrogens is 3. The van der Waals surface area contributed by atoms with Gasteiger partial charge in [-0.05, 0) is 43.7 Å². The van der Waals surface area contributed by atoms with Crippen LogP contribution in [0.25, 0.3) is 0 Å². The van der Waals surface area contributed by atoms with E-state index in [0.29, 0.717) is 28.9 Å². The molecule has 0 spiro atoms. The topological polar surface area (TPSA) is 98.0 Å². The van der Waals surface area contributed by atoms with Gasteiger partial charge in [-0.2, -0.15) is 0 Å². The Hall–Kier alpha value is -3.35. The molecule has 3 rings (SSSR count). The first-order valence-corrected chi connectivity index (χ1v) is 7.79. The van der Waals surface area contributed by atoms with Crippen molar-refractivity contribution in [1.29, 1.82) is 0 Å². The zero-order valence-corrected chi connectivity index (χ0v) is 14.4. The maximum absolute atomic E-state index is 6.23. The molecule has 7 heteroatoms. The minimum Gasteiger partial charge on any atom is -0.495 e. The second-order valence-corrected chi connectivity index (χ2v) is 5.60. The maximum Gasteiger partial charge on any atom is 0.160 e. The summed E-state index contributed by atoms with van der Waals surface area (Å²) in [7, 11) is 1.62. The minimum absolute atomic E-state index is 0.398. The molecule has 0 saturated heterocycles. The fourth-order valence-corrected chi connectivity index (χ4v) is 2.38. The Labute approximate surface area is 146 Å². The van der Waals surface area contributed by atoms with Gasteiger partial charge in [-0.3, -0.25) is 0 Å². The third-order valence-electron chi connectivity index (χ3n) is 3.63. The summed E-state index contributed by atoms with van der Waals surface area (Å²) in [5, 5.41) is 6.33. The van der Waals surface area contributed by atoms with Crippen LogP contribution in [0.5, 0.6) is 5.75 Å². The van der Waals surface area contributed by atoms with Gasteiger partial charge >= 0.3 is 0 Å². The van der Waals surface area contributed by atoms with E-state index >= 15 is 0 Å². The molecule has 0 saturated carbocycles. The smallest absolute Gasteiger partial charge is 0.160 e. The van der Waals surface area contributed by atoms with Gasteiger partial charge in [0, 0.05) is 5.69 Å². The van der Waals surface area contributed by atoms with Crippen LogP contribution < -0.4 is 21.1 Å². The molecule has 2 aromatic heterocycles. The van der Waals surface area contributed by atoms with Crippen molar-refractivity contribution >= 4 is 28.8 Å². The van der Waals surface area contributed by atoms with Crippen molar-refractivity contribution in [3.05, 3.63) is 54.0 Å². The zero-order chi connectivity index (χ0) is 17.8. The number of aryl methyl sites for hydroxylation is 2. The molecule has 4 N–H and O–H groups in total. The lowest BCUT2D eigenvalue weighted by Gasteiger charge is -2.14.